The molecule has 0 amide bonds. The van der Waals surface area contributed by atoms with Gasteiger partial charge in [0.1, 0.15) is 11.1 Å². The number of esters is 1. The molecular weight excluding hydrogens is 432 g/mol. The Morgan fingerprint density at radius 3 is 2.53 bits per heavy atom. The Labute approximate surface area is 188 Å². The number of nitriles is 1. The first-order valence-electron chi connectivity index (χ1n) is 9.44. The van der Waals surface area contributed by atoms with Gasteiger partial charge in [-0.2, -0.15) is 5.26 Å². The number of hydrogen-bond acceptors (Lipinski definition) is 9. The smallest absolute Gasteiger partial charge is 0.308 e. The maximum atomic E-state index is 11.4. The van der Waals surface area contributed by atoms with Gasteiger partial charge < -0.3 is 23.7 Å². The van der Waals surface area contributed by atoms with Crippen LogP contribution in [0.2, 0.25) is 0 Å². The third-order valence-corrected chi connectivity index (χ3v) is 5.44. The van der Waals surface area contributed by atoms with Gasteiger partial charge in [0.2, 0.25) is 12.5 Å². The summed E-state index contributed by atoms with van der Waals surface area (Å²) in [6.07, 6.45) is 1.67. The van der Waals surface area contributed by atoms with Crippen molar-refractivity contribution in [2.75, 3.05) is 21.0 Å². The summed E-state index contributed by atoms with van der Waals surface area (Å²) in [7, 11) is 2.91. The van der Waals surface area contributed by atoms with Gasteiger partial charge in [-0.05, 0) is 42.0 Å². The fourth-order valence-corrected chi connectivity index (χ4v) is 3.92. The zero-order valence-electron chi connectivity index (χ0n) is 17.5. The van der Waals surface area contributed by atoms with E-state index in [1.807, 2.05) is 23.6 Å². The van der Waals surface area contributed by atoms with Crippen molar-refractivity contribution in [1.29, 1.82) is 5.26 Å². The van der Waals surface area contributed by atoms with Crippen molar-refractivity contribution in [2.24, 2.45) is 0 Å². The van der Waals surface area contributed by atoms with E-state index in [1.54, 1.807) is 18.2 Å². The van der Waals surface area contributed by atoms with E-state index in [-0.39, 0.29) is 12.5 Å². The van der Waals surface area contributed by atoms with E-state index in [2.05, 4.69) is 11.1 Å². The molecule has 0 aliphatic carbocycles. The number of fused-ring (bicyclic) bond motifs is 1. The van der Waals surface area contributed by atoms with E-state index in [9.17, 15) is 10.1 Å². The normalized spacial score (nSPS) is 12.2. The van der Waals surface area contributed by atoms with Crippen molar-refractivity contribution in [3.05, 3.63) is 46.3 Å². The monoisotopic (exact) mass is 450 g/mol. The number of carbonyl (C=O) groups excluding carboxylic acids is 1. The van der Waals surface area contributed by atoms with Gasteiger partial charge in [-0.15, -0.1) is 11.3 Å². The fourth-order valence-electron chi connectivity index (χ4n) is 3.12. The van der Waals surface area contributed by atoms with E-state index in [0.717, 1.165) is 11.3 Å². The number of benzene rings is 2. The van der Waals surface area contributed by atoms with E-state index < -0.39 is 5.97 Å². The highest BCUT2D eigenvalue weighted by atomic mass is 32.1. The topological polar surface area (TPSA) is 99.9 Å². The number of allylic oxidation sites excluding steroid dienone is 1. The number of hydrogen-bond donors (Lipinski definition) is 0. The zero-order chi connectivity index (χ0) is 22.7. The van der Waals surface area contributed by atoms with Crippen LogP contribution in [0.25, 0.3) is 22.9 Å². The summed E-state index contributed by atoms with van der Waals surface area (Å²) >= 11 is 1.36. The van der Waals surface area contributed by atoms with Gasteiger partial charge in [0.25, 0.3) is 0 Å². The van der Waals surface area contributed by atoms with Crippen LogP contribution in [0.4, 0.5) is 0 Å². The first kappa shape index (κ1) is 21.2. The number of carbonyl (C=O) groups is 1. The quantitative estimate of drug-likeness (QED) is 0.306. The highest BCUT2D eigenvalue weighted by Gasteiger charge is 2.18. The minimum absolute atomic E-state index is 0.178. The number of aromatic nitrogens is 1. The zero-order valence-corrected chi connectivity index (χ0v) is 18.3. The minimum Gasteiger partial charge on any atom is -0.493 e. The molecule has 0 radical (unpaired) electrons. The third kappa shape index (κ3) is 4.22. The second-order valence-corrected chi connectivity index (χ2v) is 7.48. The van der Waals surface area contributed by atoms with Crippen molar-refractivity contribution in [1.82, 2.24) is 4.98 Å². The predicted octanol–water partition coefficient (Wildman–Crippen LogP) is 4.55. The lowest BCUT2D eigenvalue weighted by Crippen LogP contribution is -2.05. The molecule has 32 heavy (non-hydrogen) atoms. The Morgan fingerprint density at radius 2 is 1.88 bits per heavy atom. The van der Waals surface area contributed by atoms with Crippen LogP contribution in [0.15, 0.2) is 35.7 Å². The molecule has 0 atom stereocenters. The van der Waals surface area contributed by atoms with Gasteiger partial charge in [-0.3, -0.25) is 4.79 Å². The Bertz CT molecular complexity index is 1230. The van der Waals surface area contributed by atoms with Gasteiger partial charge in [0.15, 0.2) is 23.0 Å². The van der Waals surface area contributed by atoms with Crippen LogP contribution in [0, 0.1) is 11.3 Å². The maximum absolute atomic E-state index is 11.4. The van der Waals surface area contributed by atoms with Crippen molar-refractivity contribution in [3.63, 3.8) is 0 Å². The predicted molar refractivity (Wildman–Crippen MR) is 118 cm³/mol. The lowest BCUT2D eigenvalue weighted by atomic mass is 10.1. The van der Waals surface area contributed by atoms with Crippen molar-refractivity contribution in [3.8, 4) is 46.1 Å². The molecule has 0 saturated heterocycles. The van der Waals surface area contributed by atoms with Crippen LogP contribution >= 0.6 is 11.3 Å². The fraction of sp³-hybridized carbons (Fsp3) is 0.174. The molecule has 1 aromatic heterocycles. The first-order valence-corrected chi connectivity index (χ1v) is 10.3. The molecule has 2 heterocycles. The average molecular weight is 450 g/mol. The minimum atomic E-state index is -0.499. The maximum Gasteiger partial charge on any atom is 0.308 e. The van der Waals surface area contributed by atoms with Gasteiger partial charge in [0, 0.05) is 17.9 Å². The van der Waals surface area contributed by atoms with E-state index in [4.69, 9.17) is 23.7 Å². The second kappa shape index (κ2) is 8.99. The molecule has 0 saturated carbocycles. The van der Waals surface area contributed by atoms with Crippen molar-refractivity contribution in [2.45, 2.75) is 6.92 Å². The standard InChI is InChI=1S/C23H18N2O6S/c1-13(26)31-22-20(27-2)7-14(8-21(22)28-3)6-16(10-24)23-25-17(11-32-23)15-4-5-18-19(9-15)30-12-29-18/h4-9,11H,12H2,1-3H3/b16-6-. The molecule has 4 rings (SSSR count). The largest absolute Gasteiger partial charge is 0.493 e. The number of methoxy groups -OCH3 is 2. The molecular formula is C23H18N2O6S. The van der Waals surface area contributed by atoms with Crippen LogP contribution in [0.5, 0.6) is 28.7 Å². The molecule has 3 aromatic rings. The Kier molecular flexibility index (Phi) is 5.96. The Hall–Kier alpha value is -4.03. The number of nitrogens with zero attached hydrogens (tertiary/aromatic N) is 2. The van der Waals surface area contributed by atoms with Crippen molar-refractivity contribution >= 4 is 29.0 Å². The summed E-state index contributed by atoms with van der Waals surface area (Å²) in [6, 6.07) is 11.1. The van der Waals surface area contributed by atoms with Gasteiger partial charge in [-0.1, -0.05) is 0 Å². The van der Waals surface area contributed by atoms with Crippen LogP contribution in [-0.4, -0.2) is 32.0 Å². The Morgan fingerprint density at radius 1 is 1.16 bits per heavy atom. The first-order chi connectivity index (χ1) is 15.5. The van der Waals surface area contributed by atoms with Crippen LogP contribution in [0.1, 0.15) is 17.5 Å². The van der Waals surface area contributed by atoms with Gasteiger partial charge in [-0.25, -0.2) is 4.98 Å². The second-order valence-electron chi connectivity index (χ2n) is 6.62. The summed E-state index contributed by atoms with van der Waals surface area (Å²) < 4.78 is 26.7. The van der Waals surface area contributed by atoms with Crippen molar-refractivity contribution < 1.29 is 28.5 Å². The molecule has 0 bridgehead atoms. The molecule has 2 aromatic carbocycles. The summed E-state index contributed by atoms with van der Waals surface area (Å²) in [5.41, 5.74) is 2.59. The number of rotatable bonds is 6. The van der Waals surface area contributed by atoms with E-state index >= 15 is 0 Å². The van der Waals surface area contributed by atoms with Crippen LogP contribution in [0.3, 0.4) is 0 Å². The van der Waals surface area contributed by atoms with Crippen LogP contribution < -0.4 is 23.7 Å². The molecule has 8 nitrogen and oxygen atoms in total. The summed E-state index contributed by atoms with van der Waals surface area (Å²) in [5.74, 6) is 1.66. The van der Waals surface area contributed by atoms with E-state index in [1.165, 1.54) is 32.5 Å². The highest BCUT2D eigenvalue weighted by molar-refractivity contribution is 7.11. The van der Waals surface area contributed by atoms with Gasteiger partial charge in [0.05, 0.1) is 25.5 Å². The molecule has 0 spiro atoms. The summed E-state index contributed by atoms with van der Waals surface area (Å²) in [5, 5.41) is 12.2. The molecule has 162 valence electrons. The lowest BCUT2D eigenvalue weighted by molar-refractivity contribution is -0.132. The molecule has 9 heteroatoms. The van der Waals surface area contributed by atoms with Gasteiger partial charge >= 0.3 is 5.97 Å². The summed E-state index contributed by atoms with van der Waals surface area (Å²) in [6.45, 7) is 1.49. The SMILES string of the molecule is COc1cc(/C=C(/C#N)c2nc(-c3ccc4c(c3)OCO4)cs2)cc(OC)c1OC(C)=O. The van der Waals surface area contributed by atoms with E-state index in [0.29, 0.717) is 39.1 Å². The lowest BCUT2D eigenvalue weighted by Gasteiger charge is -2.13. The Balaban J connectivity index is 1.68. The molecule has 0 fully saturated rings. The molecule has 0 unspecified atom stereocenters. The number of ether oxygens (including phenoxy) is 5. The highest BCUT2D eigenvalue weighted by Crippen LogP contribution is 2.40. The summed E-state index contributed by atoms with van der Waals surface area (Å²) in [4.78, 5) is 16.0. The molecule has 1 aliphatic heterocycles. The number of thiazole rings is 1. The molecule has 1 aliphatic rings. The van der Waals surface area contributed by atoms with Crippen LogP contribution in [-0.2, 0) is 4.79 Å². The molecule has 0 N–H and O–H groups in total. The average Bonchev–Trinajstić information content (AvgIpc) is 3.46. The third-order valence-electron chi connectivity index (χ3n) is 4.56.